The zero-order chi connectivity index (χ0) is 15.5. The van der Waals surface area contributed by atoms with Gasteiger partial charge in [0.05, 0.1) is 11.8 Å². The molecule has 3 rings (SSSR count). The van der Waals surface area contributed by atoms with Gasteiger partial charge >= 0.3 is 0 Å². The predicted molar refractivity (Wildman–Crippen MR) is 84.7 cm³/mol. The largest absolute Gasteiger partial charge is 0.459 e. The fourth-order valence-corrected chi connectivity index (χ4v) is 2.93. The predicted octanol–water partition coefficient (Wildman–Crippen LogP) is 2.64. The van der Waals surface area contributed by atoms with E-state index in [1.807, 2.05) is 18.2 Å². The topological polar surface area (TPSA) is 53.8 Å². The molecule has 114 valence electrons. The summed E-state index contributed by atoms with van der Waals surface area (Å²) in [6, 6.07) is 10.7. The first-order valence-corrected chi connectivity index (χ1v) is 7.82. The van der Waals surface area contributed by atoms with E-state index in [-0.39, 0.29) is 11.8 Å². The van der Waals surface area contributed by atoms with Crippen LogP contribution >= 0.6 is 15.9 Å². The van der Waals surface area contributed by atoms with Gasteiger partial charge in [-0.1, -0.05) is 12.1 Å². The van der Waals surface area contributed by atoms with Crippen LogP contribution in [-0.4, -0.2) is 47.8 Å². The summed E-state index contributed by atoms with van der Waals surface area (Å²) in [6.45, 7) is 2.06. The maximum Gasteiger partial charge on any atom is 0.289 e. The van der Waals surface area contributed by atoms with Crippen LogP contribution in [0.1, 0.15) is 20.9 Å². The van der Waals surface area contributed by atoms with Crippen LogP contribution in [-0.2, 0) is 0 Å². The number of halogens is 1. The van der Waals surface area contributed by atoms with Crippen LogP contribution in [0, 0.1) is 0 Å². The van der Waals surface area contributed by atoms with E-state index < -0.39 is 0 Å². The molecule has 6 heteroatoms. The monoisotopic (exact) mass is 362 g/mol. The maximum absolute atomic E-state index is 12.5. The molecule has 1 aliphatic rings. The van der Waals surface area contributed by atoms with Gasteiger partial charge in [0, 0.05) is 30.7 Å². The standard InChI is InChI=1S/C16H15BrN2O3/c17-13-5-2-1-4-12(13)15(20)18-7-9-19(10-8-18)16(21)14-6-3-11-22-14/h1-6,11H,7-10H2. The molecule has 0 aliphatic carbocycles. The lowest BCUT2D eigenvalue weighted by Crippen LogP contribution is -2.50. The summed E-state index contributed by atoms with van der Waals surface area (Å²) in [4.78, 5) is 28.2. The number of nitrogens with zero attached hydrogens (tertiary/aromatic N) is 2. The molecule has 1 saturated heterocycles. The molecular weight excluding hydrogens is 348 g/mol. The van der Waals surface area contributed by atoms with Gasteiger partial charge in [0.15, 0.2) is 5.76 Å². The van der Waals surface area contributed by atoms with E-state index in [0.29, 0.717) is 37.5 Å². The summed E-state index contributed by atoms with van der Waals surface area (Å²) in [5, 5.41) is 0. The third-order valence-electron chi connectivity index (χ3n) is 3.69. The fourth-order valence-electron chi connectivity index (χ4n) is 2.47. The number of benzene rings is 1. The summed E-state index contributed by atoms with van der Waals surface area (Å²) in [6.07, 6.45) is 1.49. The number of carbonyl (C=O) groups excluding carboxylic acids is 2. The fraction of sp³-hybridized carbons (Fsp3) is 0.250. The number of hydrogen-bond acceptors (Lipinski definition) is 3. The first kappa shape index (κ1) is 14.8. The van der Waals surface area contributed by atoms with E-state index in [1.54, 1.807) is 28.0 Å². The zero-order valence-electron chi connectivity index (χ0n) is 11.9. The average Bonchev–Trinajstić information content (AvgIpc) is 3.09. The highest BCUT2D eigenvalue weighted by atomic mass is 79.9. The van der Waals surface area contributed by atoms with Gasteiger partial charge in [-0.15, -0.1) is 0 Å². The minimum Gasteiger partial charge on any atom is -0.459 e. The molecule has 22 heavy (non-hydrogen) atoms. The van der Waals surface area contributed by atoms with Crippen LogP contribution in [0.4, 0.5) is 0 Å². The Bertz CT molecular complexity index is 676. The van der Waals surface area contributed by atoms with Crippen LogP contribution in [0.3, 0.4) is 0 Å². The highest BCUT2D eigenvalue weighted by molar-refractivity contribution is 9.10. The number of hydrogen-bond donors (Lipinski definition) is 0. The van der Waals surface area contributed by atoms with Crippen LogP contribution in [0.5, 0.6) is 0 Å². The molecule has 1 fully saturated rings. The molecule has 0 radical (unpaired) electrons. The van der Waals surface area contributed by atoms with Crippen molar-refractivity contribution in [2.75, 3.05) is 26.2 Å². The van der Waals surface area contributed by atoms with Crippen LogP contribution in [0.2, 0.25) is 0 Å². The Morgan fingerprint density at radius 2 is 1.55 bits per heavy atom. The van der Waals surface area contributed by atoms with E-state index in [9.17, 15) is 9.59 Å². The van der Waals surface area contributed by atoms with Gasteiger partial charge in [-0.3, -0.25) is 9.59 Å². The van der Waals surface area contributed by atoms with Crippen molar-refractivity contribution in [3.63, 3.8) is 0 Å². The highest BCUT2D eigenvalue weighted by Gasteiger charge is 2.27. The van der Waals surface area contributed by atoms with Gasteiger partial charge in [-0.2, -0.15) is 0 Å². The number of amides is 2. The second kappa shape index (κ2) is 6.36. The van der Waals surface area contributed by atoms with Crippen molar-refractivity contribution in [3.05, 3.63) is 58.5 Å². The smallest absolute Gasteiger partial charge is 0.289 e. The Morgan fingerprint density at radius 3 is 2.14 bits per heavy atom. The normalized spacial score (nSPS) is 15.0. The number of carbonyl (C=O) groups is 2. The molecule has 0 bridgehead atoms. The summed E-state index contributed by atoms with van der Waals surface area (Å²) in [5.74, 6) is 0.196. The Hall–Kier alpha value is -2.08. The summed E-state index contributed by atoms with van der Waals surface area (Å²) >= 11 is 3.40. The molecule has 0 N–H and O–H groups in total. The quantitative estimate of drug-likeness (QED) is 0.824. The van der Waals surface area contributed by atoms with Crippen LogP contribution in [0.25, 0.3) is 0 Å². The van der Waals surface area contributed by atoms with Crippen LogP contribution < -0.4 is 0 Å². The van der Waals surface area contributed by atoms with E-state index in [4.69, 9.17) is 4.42 Å². The minimum absolute atomic E-state index is 0.0161. The van der Waals surface area contributed by atoms with Crippen molar-refractivity contribution >= 4 is 27.7 Å². The summed E-state index contributed by atoms with van der Waals surface area (Å²) < 4.78 is 5.92. The summed E-state index contributed by atoms with van der Waals surface area (Å²) in [7, 11) is 0. The molecule has 1 aliphatic heterocycles. The number of piperazine rings is 1. The van der Waals surface area contributed by atoms with E-state index >= 15 is 0 Å². The van der Waals surface area contributed by atoms with Crippen molar-refractivity contribution < 1.29 is 14.0 Å². The second-order valence-electron chi connectivity index (χ2n) is 5.04. The zero-order valence-corrected chi connectivity index (χ0v) is 13.5. The van der Waals surface area contributed by atoms with Gasteiger partial charge in [0.25, 0.3) is 11.8 Å². The first-order valence-electron chi connectivity index (χ1n) is 7.03. The molecule has 2 aromatic rings. The molecule has 2 amide bonds. The van der Waals surface area contributed by atoms with E-state index in [1.165, 1.54) is 6.26 Å². The van der Waals surface area contributed by atoms with Gasteiger partial charge in [-0.25, -0.2) is 0 Å². The number of furan rings is 1. The minimum atomic E-state index is -0.127. The molecule has 0 saturated carbocycles. The molecule has 5 nitrogen and oxygen atoms in total. The lowest BCUT2D eigenvalue weighted by molar-refractivity contribution is 0.0517. The third-order valence-corrected chi connectivity index (χ3v) is 4.38. The van der Waals surface area contributed by atoms with Gasteiger partial charge < -0.3 is 14.2 Å². The van der Waals surface area contributed by atoms with Crippen molar-refractivity contribution in [1.29, 1.82) is 0 Å². The Labute approximate surface area is 136 Å². The van der Waals surface area contributed by atoms with Gasteiger partial charge in [0.1, 0.15) is 0 Å². The molecule has 2 heterocycles. The van der Waals surface area contributed by atoms with Crippen molar-refractivity contribution in [1.82, 2.24) is 9.80 Å². The molecule has 1 aromatic heterocycles. The Balaban J connectivity index is 1.63. The molecular formula is C16H15BrN2O3. The molecule has 0 unspecified atom stereocenters. The van der Waals surface area contributed by atoms with Crippen LogP contribution in [0.15, 0.2) is 51.6 Å². The molecule has 0 atom stereocenters. The average molecular weight is 363 g/mol. The molecule has 1 aromatic carbocycles. The van der Waals surface area contributed by atoms with Gasteiger partial charge in [0.2, 0.25) is 0 Å². The third kappa shape index (κ3) is 2.92. The highest BCUT2D eigenvalue weighted by Crippen LogP contribution is 2.19. The Kier molecular flexibility index (Phi) is 4.29. The maximum atomic E-state index is 12.5. The van der Waals surface area contributed by atoms with E-state index in [2.05, 4.69) is 15.9 Å². The Morgan fingerprint density at radius 1 is 0.909 bits per heavy atom. The lowest BCUT2D eigenvalue weighted by Gasteiger charge is -2.34. The first-order chi connectivity index (χ1) is 10.7. The van der Waals surface area contributed by atoms with E-state index in [0.717, 1.165) is 4.47 Å². The number of rotatable bonds is 2. The summed E-state index contributed by atoms with van der Waals surface area (Å²) in [5.41, 5.74) is 0.647. The SMILES string of the molecule is O=C(c1ccco1)N1CCN(C(=O)c2ccccc2Br)CC1. The lowest BCUT2D eigenvalue weighted by atomic mass is 10.2. The second-order valence-corrected chi connectivity index (χ2v) is 5.90. The molecule has 0 spiro atoms. The van der Waals surface area contributed by atoms with Crippen molar-refractivity contribution in [2.45, 2.75) is 0 Å². The van der Waals surface area contributed by atoms with Crippen molar-refractivity contribution in [2.24, 2.45) is 0 Å². The van der Waals surface area contributed by atoms with Gasteiger partial charge in [-0.05, 0) is 40.2 Å². The van der Waals surface area contributed by atoms with Crippen molar-refractivity contribution in [3.8, 4) is 0 Å².